The van der Waals surface area contributed by atoms with Gasteiger partial charge in [-0.25, -0.2) is 4.98 Å². The molecule has 0 saturated heterocycles. The molecule has 146 valence electrons. The largest absolute Gasteiger partial charge is 0.496 e. The van der Waals surface area contributed by atoms with Crippen molar-refractivity contribution in [2.24, 2.45) is 0 Å². The number of nitrogens with zero attached hydrogens (tertiary/aromatic N) is 3. The van der Waals surface area contributed by atoms with Crippen LogP contribution in [0.25, 0.3) is 11.0 Å². The van der Waals surface area contributed by atoms with E-state index in [-0.39, 0.29) is 11.5 Å². The molecule has 0 aliphatic heterocycles. The fraction of sp³-hybridized carbons (Fsp3) is 0.318. The topological polar surface area (TPSA) is 64.4 Å². The Morgan fingerprint density at radius 1 is 1.18 bits per heavy atom. The number of carbonyl (C=O) groups excluding carboxylic acids is 1. The zero-order valence-corrected chi connectivity index (χ0v) is 16.9. The molecule has 1 amide bonds. The van der Waals surface area contributed by atoms with Crippen LogP contribution in [0.5, 0.6) is 5.75 Å². The number of rotatable bonds is 5. The average Bonchev–Trinajstić information content (AvgIpc) is 2.68. The van der Waals surface area contributed by atoms with E-state index in [0.29, 0.717) is 29.9 Å². The van der Waals surface area contributed by atoms with E-state index >= 15 is 0 Å². The molecule has 6 nitrogen and oxygen atoms in total. The zero-order chi connectivity index (χ0) is 20.4. The molecule has 0 unspecified atom stereocenters. The quantitative estimate of drug-likeness (QED) is 0.682. The molecule has 0 saturated carbocycles. The Balaban J connectivity index is 1.94. The summed E-state index contributed by atoms with van der Waals surface area (Å²) in [6, 6.07) is 11.2. The predicted molar refractivity (Wildman–Crippen MR) is 110 cm³/mol. The van der Waals surface area contributed by atoms with Gasteiger partial charge >= 0.3 is 0 Å². The van der Waals surface area contributed by atoms with Crippen LogP contribution in [0.1, 0.15) is 34.1 Å². The molecule has 1 aromatic heterocycles. The summed E-state index contributed by atoms with van der Waals surface area (Å²) in [4.78, 5) is 31.3. The Morgan fingerprint density at radius 2 is 1.93 bits per heavy atom. The summed E-state index contributed by atoms with van der Waals surface area (Å²) in [6.45, 7) is 6.61. The van der Waals surface area contributed by atoms with Crippen LogP contribution in [-0.4, -0.2) is 34.5 Å². The predicted octanol–water partition coefficient (Wildman–Crippen LogP) is 3.31. The minimum Gasteiger partial charge on any atom is -0.496 e. The standard InChI is InChI=1S/C22H25N3O3/c1-6-25-19-9-8-16(12-18(19)23-15(3)21(25)26)22(27)24(4)13-17-11-14(2)7-10-20(17)28-5/h7-12H,6,13H2,1-5H3. The molecule has 3 rings (SSSR count). The molecule has 0 spiro atoms. The van der Waals surface area contributed by atoms with Gasteiger partial charge in [-0.3, -0.25) is 9.59 Å². The highest BCUT2D eigenvalue weighted by Crippen LogP contribution is 2.22. The molecule has 0 N–H and O–H groups in total. The van der Waals surface area contributed by atoms with Crippen LogP contribution in [0.4, 0.5) is 0 Å². The van der Waals surface area contributed by atoms with Gasteiger partial charge in [0, 0.05) is 31.3 Å². The summed E-state index contributed by atoms with van der Waals surface area (Å²) in [5.74, 6) is 0.646. The molecule has 3 aromatic rings. The van der Waals surface area contributed by atoms with E-state index in [1.807, 2.05) is 32.0 Å². The van der Waals surface area contributed by atoms with Crippen LogP contribution in [-0.2, 0) is 13.1 Å². The van der Waals surface area contributed by atoms with E-state index in [9.17, 15) is 9.59 Å². The molecule has 0 radical (unpaired) electrons. The fourth-order valence-corrected chi connectivity index (χ4v) is 3.40. The van der Waals surface area contributed by atoms with E-state index in [0.717, 1.165) is 22.4 Å². The number of hydrogen-bond acceptors (Lipinski definition) is 4. The maximum Gasteiger partial charge on any atom is 0.272 e. The van der Waals surface area contributed by atoms with Crippen molar-refractivity contribution in [2.75, 3.05) is 14.2 Å². The van der Waals surface area contributed by atoms with Crippen molar-refractivity contribution in [3.05, 3.63) is 69.1 Å². The van der Waals surface area contributed by atoms with Gasteiger partial charge in [-0.15, -0.1) is 0 Å². The van der Waals surface area contributed by atoms with Gasteiger partial charge in [-0.2, -0.15) is 0 Å². The fourth-order valence-electron chi connectivity index (χ4n) is 3.40. The van der Waals surface area contributed by atoms with Gasteiger partial charge in [-0.05, 0) is 45.0 Å². The summed E-state index contributed by atoms with van der Waals surface area (Å²) in [5, 5.41) is 0. The molecule has 1 heterocycles. The molecular formula is C22H25N3O3. The summed E-state index contributed by atoms with van der Waals surface area (Å²) in [6.07, 6.45) is 0. The van der Waals surface area contributed by atoms with Crippen molar-refractivity contribution < 1.29 is 9.53 Å². The maximum absolute atomic E-state index is 13.0. The molecule has 0 aliphatic rings. The highest BCUT2D eigenvalue weighted by Gasteiger charge is 2.16. The summed E-state index contributed by atoms with van der Waals surface area (Å²) >= 11 is 0. The van der Waals surface area contributed by atoms with Gasteiger partial charge in [0.2, 0.25) is 0 Å². The van der Waals surface area contributed by atoms with Crippen molar-refractivity contribution in [1.82, 2.24) is 14.5 Å². The lowest BCUT2D eigenvalue weighted by Gasteiger charge is -2.20. The third-order valence-corrected chi connectivity index (χ3v) is 4.86. The first-order valence-corrected chi connectivity index (χ1v) is 9.26. The Morgan fingerprint density at radius 3 is 2.61 bits per heavy atom. The third-order valence-electron chi connectivity index (χ3n) is 4.86. The van der Waals surface area contributed by atoms with Crippen LogP contribution in [0.2, 0.25) is 0 Å². The lowest BCUT2D eigenvalue weighted by atomic mass is 10.1. The van der Waals surface area contributed by atoms with Gasteiger partial charge in [0.05, 0.1) is 18.1 Å². The first-order chi connectivity index (χ1) is 13.3. The van der Waals surface area contributed by atoms with E-state index in [1.54, 1.807) is 48.7 Å². The molecular weight excluding hydrogens is 354 g/mol. The Labute approximate surface area is 164 Å². The summed E-state index contributed by atoms with van der Waals surface area (Å²) < 4.78 is 7.09. The lowest BCUT2D eigenvalue weighted by Crippen LogP contribution is -2.27. The number of aryl methyl sites for hydroxylation is 3. The molecule has 0 bridgehead atoms. The maximum atomic E-state index is 13.0. The molecule has 0 fully saturated rings. The number of carbonyl (C=O) groups is 1. The minimum absolute atomic E-state index is 0.0993. The summed E-state index contributed by atoms with van der Waals surface area (Å²) in [5.41, 5.74) is 4.31. The minimum atomic E-state index is -0.112. The van der Waals surface area contributed by atoms with Gasteiger partial charge in [0.1, 0.15) is 11.4 Å². The number of fused-ring (bicyclic) bond motifs is 1. The number of benzene rings is 2. The SMILES string of the molecule is CCn1c(=O)c(C)nc2cc(C(=O)N(C)Cc3cc(C)ccc3OC)ccc21. The molecule has 0 aliphatic carbocycles. The van der Waals surface area contributed by atoms with Gasteiger partial charge in [-0.1, -0.05) is 17.7 Å². The second-order valence-corrected chi connectivity index (χ2v) is 6.93. The highest BCUT2D eigenvalue weighted by molar-refractivity contribution is 5.97. The van der Waals surface area contributed by atoms with Crippen LogP contribution >= 0.6 is 0 Å². The van der Waals surface area contributed by atoms with E-state index in [2.05, 4.69) is 4.98 Å². The second kappa shape index (κ2) is 7.84. The van der Waals surface area contributed by atoms with E-state index in [1.165, 1.54) is 0 Å². The molecule has 2 aromatic carbocycles. The number of aromatic nitrogens is 2. The monoisotopic (exact) mass is 379 g/mol. The first-order valence-electron chi connectivity index (χ1n) is 9.26. The molecule has 0 atom stereocenters. The van der Waals surface area contributed by atoms with Crippen molar-refractivity contribution >= 4 is 16.9 Å². The Kier molecular flexibility index (Phi) is 5.49. The van der Waals surface area contributed by atoms with Crippen molar-refractivity contribution in [1.29, 1.82) is 0 Å². The number of ether oxygens (including phenoxy) is 1. The van der Waals surface area contributed by atoms with Crippen LogP contribution in [0.3, 0.4) is 0 Å². The smallest absolute Gasteiger partial charge is 0.272 e. The number of amides is 1. The summed E-state index contributed by atoms with van der Waals surface area (Å²) in [7, 11) is 3.39. The van der Waals surface area contributed by atoms with E-state index in [4.69, 9.17) is 4.74 Å². The zero-order valence-electron chi connectivity index (χ0n) is 16.9. The first kappa shape index (κ1) is 19.6. The highest BCUT2D eigenvalue weighted by atomic mass is 16.5. The average molecular weight is 379 g/mol. The lowest BCUT2D eigenvalue weighted by molar-refractivity contribution is 0.0784. The molecule has 28 heavy (non-hydrogen) atoms. The van der Waals surface area contributed by atoms with Crippen molar-refractivity contribution in [3.8, 4) is 5.75 Å². The van der Waals surface area contributed by atoms with Gasteiger partial charge in [0.25, 0.3) is 11.5 Å². The van der Waals surface area contributed by atoms with E-state index < -0.39 is 0 Å². The Bertz CT molecular complexity index is 1100. The second-order valence-electron chi connectivity index (χ2n) is 6.93. The molecule has 6 heteroatoms. The third kappa shape index (κ3) is 3.63. The normalized spacial score (nSPS) is 10.9. The van der Waals surface area contributed by atoms with Gasteiger partial charge < -0.3 is 14.2 Å². The number of hydrogen-bond donors (Lipinski definition) is 0. The number of methoxy groups -OCH3 is 1. The van der Waals surface area contributed by atoms with Crippen LogP contribution in [0, 0.1) is 13.8 Å². The van der Waals surface area contributed by atoms with Crippen molar-refractivity contribution in [2.45, 2.75) is 33.9 Å². The van der Waals surface area contributed by atoms with Crippen LogP contribution in [0.15, 0.2) is 41.2 Å². The van der Waals surface area contributed by atoms with Crippen molar-refractivity contribution in [3.63, 3.8) is 0 Å². The Hall–Kier alpha value is -3.15. The van der Waals surface area contributed by atoms with Crippen LogP contribution < -0.4 is 10.3 Å². The van der Waals surface area contributed by atoms with Gasteiger partial charge in [0.15, 0.2) is 0 Å².